The topological polar surface area (TPSA) is 13.1 Å². The summed E-state index contributed by atoms with van der Waals surface area (Å²) in [6, 6.07) is 24.9. The van der Waals surface area contributed by atoms with Crippen LogP contribution in [0.5, 0.6) is 0 Å². The highest BCUT2D eigenvalue weighted by molar-refractivity contribution is 6.09. The molecule has 0 saturated heterocycles. The molecule has 1 heterocycles. The van der Waals surface area contributed by atoms with Crippen molar-refractivity contribution in [1.29, 1.82) is 0 Å². The maximum absolute atomic E-state index is 6.04. The van der Waals surface area contributed by atoms with E-state index < -0.39 is 0 Å². The summed E-state index contributed by atoms with van der Waals surface area (Å²) in [6.07, 6.45) is 0. The summed E-state index contributed by atoms with van der Waals surface area (Å²) in [7, 11) is 0. The van der Waals surface area contributed by atoms with E-state index in [2.05, 4.69) is 48.5 Å². The van der Waals surface area contributed by atoms with Gasteiger partial charge in [0, 0.05) is 16.3 Å². The van der Waals surface area contributed by atoms with Crippen LogP contribution in [-0.2, 0) is 0 Å². The summed E-state index contributed by atoms with van der Waals surface area (Å²) in [5.74, 6) is 0. The lowest BCUT2D eigenvalue weighted by Gasteiger charge is -2.01. The quantitative estimate of drug-likeness (QED) is 0.359. The lowest BCUT2D eigenvalue weighted by atomic mass is 10.0. The molecule has 23 heavy (non-hydrogen) atoms. The minimum atomic E-state index is 0.945. The van der Waals surface area contributed by atoms with Gasteiger partial charge in [0.05, 0.1) is 0 Å². The molecule has 0 aliphatic rings. The fraction of sp³-hybridized carbons (Fsp3) is 0.182. The Bertz CT molecular complexity index is 857. The van der Waals surface area contributed by atoms with Crippen molar-refractivity contribution < 1.29 is 4.42 Å². The second-order valence-electron chi connectivity index (χ2n) is 4.65. The highest BCUT2D eigenvalue weighted by Crippen LogP contribution is 2.35. The molecule has 1 heteroatoms. The Morgan fingerprint density at radius 3 is 1.91 bits per heavy atom. The number of furan rings is 1. The molecule has 3 aromatic carbocycles. The van der Waals surface area contributed by atoms with Crippen LogP contribution in [0, 0.1) is 0 Å². The monoisotopic (exact) mass is 304 g/mol. The van der Waals surface area contributed by atoms with Crippen LogP contribution in [0.1, 0.15) is 27.7 Å². The largest absolute Gasteiger partial charge is 0.455 e. The van der Waals surface area contributed by atoms with Crippen LogP contribution in [0.4, 0.5) is 0 Å². The van der Waals surface area contributed by atoms with Gasteiger partial charge in [0.2, 0.25) is 0 Å². The van der Waals surface area contributed by atoms with Gasteiger partial charge < -0.3 is 4.42 Å². The van der Waals surface area contributed by atoms with Crippen molar-refractivity contribution in [3.8, 4) is 11.1 Å². The van der Waals surface area contributed by atoms with Crippen LogP contribution in [-0.4, -0.2) is 0 Å². The summed E-state index contributed by atoms with van der Waals surface area (Å²) in [5, 5.41) is 2.35. The fourth-order valence-electron chi connectivity index (χ4n) is 2.59. The van der Waals surface area contributed by atoms with Gasteiger partial charge in [0.1, 0.15) is 11.2 Å². The van der Waals surface area contributed by atoms with Crippen LogP contribution in [0.25, 0.3) is 33.1 Å². The van der Waals surface area contributed by atoms with E-state index in [0.717, 1.165) is 16.7 Å². The molecule has 118 valence electrons. The first-order chi connectivity index (χ1) is 11.4. The first-order valence-corrected chi connectivity index (χ1v) is 8.39. The summed E-state index contributed by atoms with van der Waals surface area (Å²) in [4.78, 5) is 0. The number of benzene rings is 3. The molecule has 1 aromatic heterocycles. The Morgan fingerprint density at radius 1 is 0.565 bits per heavy atom. The van der Waals surface area contributed by atoms with Crippen LogP contribution in [0.3, 0.4) is 0 Å². The van der Waals surface area contributed by atoms with Crippen molar-refractivity contribution >= 4 is 21.9 Å². The van der Waals surface area contributed by atoms with Gasteiger partial charge in [-0.15, -0.1) is 0 Å². The second-order valence-corrected chi connectivity index (χ2v) is 4.65. The van der Waals surface area contributed by atoms with Crippen LogP contribution in [0.15, 0.2) is 77.2 Å². The molecule has 0 unspecified atom stereocenters. The van der Waals surface area contributed by atoms with Gasteiger partial charge in [-0.05, 0) is 11.6 Å². The van der Waals surface area contributed by atoms with E-state index in [1.807, 2.05) is 52.0 Å². The van der Waals surface area contributed by atoms with Crippen molar-refractivity contribution in [3.05, 3.63) is 72.8 Å². The van der Waals surface area contributed by atoms with E-state index in [1.54, 1.807) is 0 Å². The molecule has 4 rings (SSSR count). The molecule has 0 aliphatic heterocycles. The lowest BCUT2D eigenvalue weighted by molar-refractivity contribution is 0.670. The van der Waals surface area contributed by atoms with Gasteiger partial charge in [-0.25, -0.2) is 0 Å². The Balaban J connectivity index is 0.000000448. The van der Waals surface area contributed by atoms with Gasteiger partial charge in [-0.1, -0.05) is 94.4 Å². The van der Waals surface area contributed by atoms with E-state index in [4.69, 9.17) is 4.42 Å². The third-order valence-electron chi connectivity index (χ3n) is 3.49. The van der Waals surface area contributed by atoms with Crippen molar-refractivity contribution in [2.24, 2.45) is 0 Å². The Labute approximate surface area is 138 Å². The van der Waals surface area contributed by atoms with E-state index in [1.165, 1.54) is 16.3 Å². The van der Waals surface area contributed by atoms with Gasteiger partial charge in [-0.2, -0.15) is 0 Å². The zero-order valence-electron chi connectivity index (χ0n) is 14.3. The third-order valence-corrected chi connectivity index (χ3v) is 3.49. The molecule has 0 bridgehead atoms. The summed E-state index contributed by atoms with van der Waals surface area (Å²) in [6.45, 7) is 8.00. The number of fused-ring (bicyclic) bond motifs is 3. The van der Waals surface area contributed by atoms with Gasteiger partial charge in [0.25, 0.3) is 0 Å². The summed E-state index contributed by atoms with van der Waals surface area (Å²) < 4.78 is 6.04. The third kappa shape index (κ3) is 3.29. The standard InChI is InChI=1S/C18H12O.2C2H6/c1-2-7-13(8-3-1)14-10-6-11-16-15-9-4-5-12-17(15)19-18(14)16;2*1-2/h1-12H;2*1-2H3. The highest BCUT2D eigenvalue weighted by atomic mass is 16.3. The fourth-order valence-corrected chi connectivity index (χ4v) is 2.59. The smallest absolute Gasteiger partial charge is 0.143 e. The molecule has 0 spiro atoms. The molecule has 4 aromatic rings. The maximum atomic E-state index is 6.04. The van der Waals surface area contributed by atoms with E-state index in [-0.39, 0.29) is 0 Å². The maximum Gasteiger partial charge on any atom is 0.143 e. The number of para-hydroxylation sites is 2. The number of hydrogen-bond donors (Lipinski definition) is 0. The highest BCUT2D eigenvalue weighted by Gasteiger charge is 2.10. The van der Waals surface area contributed by atoms with Gasteiger partial charge in [-0.3, -0.25) is 0 Å². The lowest BCUT2D eigenvalue weighted by Crippen LogP contribution is -1.77. The van der Waals surface area contributed by atoms with Gasteiger partial charge in [0.15, 0.2) is 0 Å². The molecule has 0 fully saturated rings. The van der Waals surface area contributed by atoms with Crippen LogP contribution < -0.4 is 0 Å². The molecule has 0 amide bonds. The predicted molar refractivity (Wildman–Crippen MR) is 102 cm³/mol. The Kier molecular flexibility index (Phi) is 5.99. The summed E-state index contributed by atoms with van der Waals surface area (Å²) >= 11 is 0. The first kappa shape index (κ1) is 16.8. The van der Waals surface area contributed by atoms with Crippen molar-refractivity contribution in [2.45, 2.75) is 27.7 Å². The van der Waals surface area contributed by atoms with Crippen molar-refractivity contribution in [2.75, 3.05) is 0 Å². The second kappa shape index (κ2) is 8.19. The molecule has 0 atom stereocenters. The molecular weight excluding hydrogens is 280 g/mol. The number of rotatable bonds is 1. The number of hydrogen-bond acceptors (Lipinski definition) is 1. The normalized spacial score (nSPS) is 9.74. The molecule has 1 nitrogen and oxygen atoms in total. The van der Waals surface area contributed by atoms with Crippen molar-refractivity contribution in [3.63, 3.8) is 0 Å². The average molecular weight is 304 g/mol. The van der Waals surface area contributed by atoms with Crippen LogP contribution in [0.2, 0.25) is 0 Å². The molecular formula is C22H24O. The van der Waals surface area contributed by atoms with Gasteiger partial charge >= 0.3 is 0 Å². The predicted octanol–water partition coefficient (Wildman–Crippen LogP) is 7.31. The van der Waals surface area contributed by atoms with E-state index in [9.17, 15) is 0 Å². The Morgan fingerprint density at radius 2 is 1.17 bits per heavy atom. The molecule has 0 saturated carbocycles. The van der Waals surface area contributed by atoms with E-state index >= 15 is 0 Å². The summed E-state index contributed by atoms with van der Waals surface area (Å²) in [5.41, 5.74) is 4.25. The van der Waals surface area contributed by atoms with E-state index in [0.29, 0.717) is 0 Å². The zero-order chi connectivity index (χ0) is 16.7. The average Bonchev–Trinajstić information content (AvgIpc) is 3.04. The zero-order valence-corrected chi connectivity index (χ0v) is 14.3. The molecule has 0 aliphatic carbocycles. The molecule has 0 N–H and O–H groups in total. The van der Waals surface area contributed by atoms with Crippen molar-refractivity contribution in [1.82, 2.24) is 0 Å². The molecule has 0 radical (unpaired) electrons. The SMILES string of the molecule is CC.CC.c1ccc(-c2cccc3c2oc2ccccc23)cc1. The van der Waals surface area contributed by atoms with Crippen LogP contribution >= 0.6 is 0 Å². The Hall–Kier alpha value is -2.54. The minimum absolute atomic E-state index is 0.945. The minimum Gasteiger partial charge on any atom is -0.455 e. The first-order valence-electron chi connectivity index (χ1n) is 8.39.